The molecule has 1 aliphatic heterocycles. The third kappa shape index (κ3) is 2.92. The Labute approximate surface area is 98.8 Å². The SMILES string of the molecule is Cc1cnc(NC2CCNCC2)c(Br)c1. The van der Waals surface area contributed by atoms with Crippen LogP contribution in [0.4, 0.5) is 5.82 Å². The lowest BCUT2D eigenvalue weighted by Gasteiger charge is -2.24. The number of nitrogens with zero attached hydrogens (tertiary/aromatic N) is 1. The summed E-state index contributed by atoms with van der Waals surface area (Å²) in [6.07, 6.45) is 4.23. The lowest BCUT2D eigenvalue weighted by molar-refractivity contribution is 0.478. The maximum Gasteiger partial charge on any atom is 0.140 e. The van der Waals surface area contributed by atoms with Crippen LogP contribution in [0.3, 0.4) is 0 Å². The first-order chi connectivity index (χ1) is 7.25. The molecule has 1 aliphatic rings. The molecule has 2 rings (SSSR count). The van der Waals surface area contributed by atoms with E-state index in [1.165, 1.54) is 18.4 Å². The molecule has 1 saturated heterocycles. The number of hydrogen-bond donors (Lipinski definition) is 2. The van der Waals surface area contributed by atoms with E-state index in [9.17, 15) is 0 Å². The van der Waals surface area contributed by atoms with Crippen molar-refractivity contribution in [3.05, 3.63) is 22.3 Å². The van der Waals surface area contributed by atoms with Gasteiger partial charge in [-0.15, -0.1) is 0 Å². The highest BCUT2D eigenvalue weighted by Gasteiger charge is 2.14. The van der Waals surface area contributed by atoms with E-state index < -0.39 is 0 Å². The molecule has 15 heavy (non-hydrogen) atoms. The van der Waals surface area contributed by atoms with Crippen molar-refractivity contribution in [3.8, 4) is 0 Å². The summed E-state index contributed by atoms with van der Waals surface area (Å²) in [5, 5.41) is 6.83. The van der Waals surface area contributed by atoms with Crippen molar-refractivity contribution >= 4 is 21.7 Å². The molecule has 1 fully saturated rings. The largest absolute Gasteiger partial charge is 0.366 e. The Hall–Kier alpha value is -0.610. The minimum Gasteiger partial charge on any atom is -0.366 e. The molecule has 2 heterocycles. The number of pyridine rings is 1. The summed E-state index contributed by atoms with van der Waals surface area (Å²) in [5.41, 5.74) is 1.18. The summed E-state index contributed by atoms with van der Waals surface area (Å²) in [6.45, 7) is 4.24. The third-order valence-electron chi connectivity index (χ3n) is 2.66. The van der Waals surface area contributed by atoms with Crippen LogP contribution >= 0.6 is 15.9 Å². The maximum atomic E-state index is 4.39. The van der Waals surface area contributed by atoms with Gasteiger partial charge in [-0.3, -0.25) is 0 Å². The van der Waals surface area contributed by atoms with Crippen LogP contribution in [-0.2, 0) is 0 Å². The lowest BCUT2D eigenvalue weighted by Crippen LogP contribution is -2.35. The molecule has 82 valence electrons. The number of anilines is 1. The molecular weight excluding hydrogens is 254 g/mol. The first kappa shape index (κ1) is 10.9. The van der Waals surface area contributed by atoms with Gasteiger partial charge in [-0.05, 0) is 60.4 Å². The first-order valence-electron chi connectivity index (χ1n) is 5.35. The molecule has 0 unspecified atom stereocenters. The Morgan fingerprint density at radius 3 is 2.87 bits per heavy atom. The first-order valence-corrected chi connectivity index (χ1v) is 6.14. The van der Waals surface area contributed by atoms with Gasteiger partial charge in [-0.1, -0.05) is 0 Å². The lowest BCUT2D eigenvalue weighted by atomic mass is 10.1. The summed E-state index contributed by atoms with van der Waals surface area (Å²) in [5.74, 6) is 0.965. The monoisotopic (exact) mass is 269 g/mol. The average Bonchev–Trinajstić information content (AvgIpc) is 2.24. The predicted molar refractivity (Wildman–Crippen MR) is 66.2 cm³/mol. The molecule has 3 nitrogen and oxygen atoms in total. The van der Waals surface area contributed by atoms with Crippen molar-refractivity contribution in [2.45, 2.75) is 25.8 Å². The number of hydrogen-bond acceptors (Lipinski definition) is 3. The highest BCUT2D eigenvalue weighted by Crippen LogP contribution is 2.22. The summed E-state index contributed by atoms with van der Waals surface area (Å²) >= 11 is 3.53. The maximum absolute atomic E-state index is 4.39. The van der Waals surface area contributed by atoms with Gasteiger partial charge in [0, 0.05) is 12.2 Å². The van der Waals surface area contributed by atoms with Crippen LogP contribution in [0.5, 0.6) is 0 Å². The van der Waals surface area contributed by atoms with Gasteiger partial charge in [0.25, 0.3) is 0 Å². The van der Waals surface area contributed by atoms with Crippen molar-refractivity contribution < 1.29 is 0 Å². The number of piperidine rings is 1. The van der Waals surface area contributed by atoms with E-state index >= 15 is 0 Å². The molecule has 0 bridgehead atoms. The Bertz CT molecular complexity index is 335. The van der Waals surface area contributed by atoms with Crippen LogP contribution in [0.2, 0.25) is 0 Å². The van der Waals surface area contributed by atoms with Crippen LogP contribution < -0.4 is 10.6 Å². The van der Waals surface area contributed by atoms with E-state index in [0.717, 1.165) is 23.4 Å². The van der Waals surface area contributed by atoms with Crippen molar-refractivity contribution in [2.75, 3.05) is 18.4 Å². The van der Waals surface area contributed by atoms with Crippen LogP contribution in [0.1, 0.15) is 18.4 Å². The standard InChI is InChI=1S/C11H16BrN3/c1-8-6-10(12)11(14-7-8)15-9-2-4-13-5-3-9/h6-7,9,13H,2-5H2,1H3,(H,14,15). The Morgan fingerprint density at radius 2 is 2.20 bits per heavy atom. The summed E-state index contributed by atoms with van der Waals surface area (Å²) in [4.78, 5) is 4.39. The summed E-state index contributed by atoms with van der Waals surface area (Å²) in [6, 6.07) is 2.65. The molecule has 0 spiro atoms. The molecule has 0 radical (unpaired) electrons. The van der Waals surface area contributed by atoms with Gasteiger partial charge < -0.3 is 10.6 Å². The van der Waals surface area contributed by atoms with E-state index in [1.807, 2.05) is 13.1 Å². The van der Waals surface area contributed by atoms with Gasteiger partial charge in [-0.2, -0.15) is 0 Å². The minimum atomic E-state index is 0.553. The third-order valence-corrected chi connectivity index (χ3v) is 3.26. The molecule has 0 aliphatic carbocycles. The summed E-state index contributed by atoms with van der Waals surface area (Å²) in [7, 11) is 0. The van der Waals surface area contributed by atoms with E-state index in [2.05, 4.69) is 37.6 Å². The number of nitrogens with one attached hydrogen (secondary N) is 2. The van der Waals surface area contributed by atoms with Crippen molar-refractivity contribution in [3.63, 3.8) is 0 Å². The zero-order valence-electron chi connectivity index (χ0n) is 8.89. The second kappa shape index (κ2) is 4.94. The van der Waals surface area contributed by atoms with Gasteiger partial charge in [0.1, 0.15) is 5.82 Å². The van der Waals surface area contributed by atoms with Crippen molar-refractivity contribution in [2.24, 2.45) is 0 Å². The van der Waals surface area contributed by atoms with Gasteiger partial charge in [0.2, 0.25) is 0 Å². The average molecular weight is 270 g/mol. The second-order valence-electron chi connectivity index (χ2n) is 4.01. The second-order valence-corrected chi connectivity index (χ2v) is 4.87. The molecule has 4 heteroatoms. The quantitative estimate of drug-likeness (QED) is 0.866. The topological polar surface area (TPSA) is 37.0 Å². The highest BCUT2D eigenvalue weighted by atomic mass is 79.9. The molecular formula is C11H16BrN3. The fourth-order valence-corrected chi connectivity index (χ4v) is 2.38. The Balaban J connectivity index is 2.03. The number of rotatable bonds is 2. The van der Waals surface area contributed by atoms with Gasteiger partial charge in [0.05, 0.1) is 4.47 Å². The molecule has 0 atom stereocenters. The van der Waals surface area contributed by atoms with Gasteiger partial charge in [0.15, 0.2) is 0 Å². The number of aromatic nitrogens is 1. The molecule has 2 N–H and O–H groups in total. The smallest absolute Gasteiger partial charge is 0.140 e. The molecule has 0 saturated carbocycles. The molecule has 0 aromatic carbocycles. The van der Waals surface area contributed by atoms with E-state index in [4.69, 9.17) is 0 Å². The van der Waals surface area contributed by atoms with Gasteiger partial charge >= 0.3 is 0 Å². The van der Waals surface area contributed by atoms with Crippen LogP contribution in [0, 0.1) is 6.92 Å². The highest BCUT2D eigenvalue weighted by molar-refractivity contribution is 9.10. The van der Waals surface area contributed by atoms with E-state index in [-0.39, 0.29) is 0 Å². The molecule has 0 amide bonds. The zero-order valence-corrected chi connectivity index (χ0v) is 10.5. The zero-order chi connectivity index (χ0) is 10.7. The fraction of sp³-hybridized carbons (Fsp3) is 0.545. The van der Waals surface area contributed by atoms with E-state index in [0.29, 0.717) is 6.04 Å². The summed E-state index contributed by atoms with van der Waals surface area (Å²) < 4.78 is 1.06. The minimum absolute atomic E-state index is 0.553. The van der Waals surface area contributed by atoms with Crippen molar-refractivity contribution in [1.82, 2.24) is 10.3 Å². The Morgan fingerprint density at radius 1 is 1.47 bits per heavy atom. The van der Waals surface area contributed by atoms with Crippen LogP contribution in [-0.4, -0.2) is 24.1 Å². The number of aryl methyl sites for hydroxylation is 1. The van der Waals surface area contributed by atoms with Gasteiger partial charge in [-0.25, -0.2) is 4.98 Å². The molecule has 1 aromatic rings. The van der Waals surface area contributed by atoms with Crippen molar-refractivity contribution in [1.29, 1.82) is 0 Å². The fourth-order valence-electron chi connectivity index (χ4n) is 1.80. The Kier molecular flexibility index (Phi) is 3.59. The predicted octanol–water partition coefficient (Wildman–Crippen LogP) is 2.32. The normalized spacial score (nSPS) is 17.7. The number of halogens is 1. The van der Waals surface area contributed by atoms with E-state index in [1.54, 1.807) is 0 Å². The van der Waals surface area contributed by atoms with Crippen LogP contribution in [0.25, 0.3) is 0 Å². The molecule has 1 aromatic heterocycles. The van der Waals surface area contributed by atoms with Crippen LogP contribution in [0.15, 0.2) is 16.7 Å².